The largest absolute Gasteiger partial charge is 0.451 e. The van der Waals surface area contributed by atoms with E-state index in [0.717, 1.165) is 27.6 Å². The van der Waals surface area contributed by atoms with Gasteiger partial charge in [0, 0.05) is 37.0 Å². The molecule has 0 unspecified atom stereocenters. The van der Waals surface area contributed by atoms with Crippen LogP contribution in [-0.4, -0.2) is 50.3 Å². The number of amides is 1. The van der Waals surface area contributed by atoms with Crippen LogP contribution in [0.15, 0.2) is 6.07 Å². The molecule has 9 nitrogen and oxygen atoms in total. The summed E-state index contributed by atoms with van der Waals surface area (Å²) in [5.41, 5.74) is 0. The highest BCUT2D eigenvalue weighted by Crippen LogP contribution is 2.35. The smallest absolute Gasteiger partial charge is 0.354 e. The molecule has 0 fully saturated rings. The van der Waals surface area contributed by atoms with E-state index >= 15 is 0 Å². The van der Waals surface area contributed by atoms with Gasteiger partial charge in [-0.2, -0.15) is 18.2 Å². The maximum atomic E-state index is 13.2. The van der Waals surface area contributed by atoms with E-state index in [1.54, 1.807) is 11.3 Å². The molecular formula is C21H27F3N8OS. The lowest BCUT2D eigenvalue weighted by Gasteiger charge is -2.29. The number of aryl methyl sites for hydroxylation is 1. The number of aromatic nitrogens is 5. The van der Waals surface area contributed by atoms with Crippen LogP contribution in [-0.2, 0) is 30.5 Å². The highest BCUT2D eigenvalue weighted by molar-refractivity contribution is 7.18. The third kappa shape index (κ3) is 5.08. The van der Waals surface area contributed by atoms with Gasteiger partial charge >= 0.3 is 6.18 Å². The molecule has 0 aliphatic carbocycles. The Kier molecular flexibility index (Phi) is 6.91. The standard InChI is InChI=1S/C21H27F3N8OS/c1-4-5-13-10-14-16(31-8-9-32-15(11-31)29-30-19(32)21(22,23)24)27-20(28-18(14)34-13)26-7-6-25-17(33)12(2)3/h10,12H,4-9,11H2,1-3H3,(H,25,33)(H,26,27,28). The van der Waals surface area contributed by atoms with Crippen molar-refractivity contribution in [1.29, 1.82) is 0 Å². The van der Waals surface area contributed by atoms with E-state index in [0.29, 0.717) is 31.4 Å². The molecule has 0 aromatic carbocycles. The molecule has 2 N–H and O–H groups in total. The summed E-state index contributed by atoms with van der Waals surface area (Å²) in [7, 11) is 0. The van der Waals surface area contributed by atoms with Crippen LogP contribution in [0.25, 0.3) is 10.2 Å². The fraction of sp³-hybridized carbons (Fsp3) is 0.571. The number of anilines is 2. The number of thiophene rings is 1. The molecule has 0 spiro atoms. The number of hydrogen-bond donors (Lipinski definition) is 2. The zero-order valence-corrected chi connectivity index (χ0v) is 20.1. The summed E-state index contributed by atoms with van der Waals surface area (Å²) in [4.78, 5) is 25.0. The van der Waals surface area contributed by atoms with Crippen molar-refractivity contribution in [1.82, 2.24) is 30.0 Å². The Bertz CT molecular complexity index is 1170. The van der Waals surface area contributed by atoms with E-state index in [1.807, 2.05) is 18.7 Å². The molecule has 1 amide bonds. The maximum Gasteiger partial charge on any atom is 0.451 e. The molecule has 13 heteroatoms. The van der Waals surface area contributed by atoms with Gasteiger partial charge in [-0.15, -0.1) is 21.5 Å². The third-order valence-corrected chi connectivity index (χ3v) is 6.55. The van der Waals surface area contributed by atoms with Crippen molar-refractivity contribution in [2.24, 2.45) is 5.92 Å². The Morgan fingerprint density at radius 1 is 1.21 bits per heavy atom. The van der Waals surface area contributed by atoms with Crippen molar-refractivity contribution >= 4 is 39.2 Å². The highest BCUT2D eigenvalue weighted by Gasteiger charge is 2.39. The molecule has 0 atom stereocenters. The zero-order chi connectivity index (χ0) is 24.5. The monoisotopic (exact) mass is 496 g/mol. The first-order valence-corrected chi connectivity index (χ1v) is 12.0. The van der Waals surface area contributed by atoms with Crippen molar-refractivity contribution in [3.63, 3.8) is 0 Å². The predicted octanol–water partition coefficient (Wildman–Crippen LogP) is 3.46. The number of carbonyl (C=O) groups excluding carboxylic acids is 1. The number of hydrogen-bond acceptors (Lipinski definition) is 8. The van der Waals surface area contributed by atoms with Gasteiger partial charge in [-0.3, -0.25) is 4.79 Å². The molecule has 1 aliphatic heterocycles. The third-order valence-electron chi connectivity index (χ3n) is 5.46. The second-order valence-electron chi connectivity index (χ2n) is 8.44. The summed E-state index contributed by atoms with van der Waals surface area (Å²) in [6.45, 7) is 7.23. The van der Waals surface area contributed by atoms with Crippen molar-refractivity contribution in [3.05, 3.63) is 22.6 Å². The van der Waals surface area contributed by atoms with Gasteiger partial charge in [0.15, 0.2) is 5.82 Å². The normalized spacial score (nSPS) is 14.0. The molecule has 0 radical (unpaired) electrons. The second kappa shape index (κ2) is 9.72. The van der Waals surface area contributed by atoms with Crippen LogP contribution in [0, 0.1) is 5.92 Å². The first-order chi connectivity index (χ1) is 16.2. The summed E-state index contributed by atoms with van der Waals surface area (Å²) in [5, 5.41) is 14.0. The topological polar surface area (TPSA) is 101 Å². The number of carbonyl (C=O) groups is 1. The van der Waals surface area contributed by atoms with E-state index in [9.17, 15) is 18.0 Å². The highest BCUT2D eigenvalue weighted by atomic mass is 32.1. The van der Waals surface area contributed by atoms with E-state index in [-0.39, 0.29) is 30.7 Å². The van der Waals surface area contributed by atoms with E-state index in [1.165, 1.54) is 4.88 Å². The van der Waals surface area contributed by atoms with Gasteiger partial charge in [-0.25, -0.2) is 4.98 Å². The molecule has 4 rings (SSSR count). The minimum absolute atomic E-state index is 0.0306. The second-order valence-corrected chi connectivity index (χ2v) is 9.55. The van der Waals surface area contributed by atoms with Crippen molar-refractivity contribution in [3.8, 4) is 0 Å². The minimum atomic E-state index is -4.54. The van der Waals surface area contributed by atoms with Crippen LogP contribution in [0.5, 0.6) is 0 Å². The van der Waals surface area contributed by atoms with Crippen molar-refractivity contribution in [2.75, 3.05) is 29.9 Å². The molecular weight excluding hydrogens is 469 g/mol. The summed E-state index contributed by atoms with van der Waals surface area (Å²) >= 11 is 1.59. The zero-order valence-electron chi connectivity index (χ0n) is 19.2. The van der Waals surface area contributed by atoms with E-state index in [2.05, 4.69) is 38.8 Å². The minimum Gasteiger partial charge on any atom is -0.354 e. The number of rotatable bonds is 8. The molecule has 1 aliphatic rings. The average molecular weight is 497 g/mol. The Morgan fingerprint density at radius 3 is 2.71 bits per heavy atom. The Hall–Kier alpha value is -2.96. The molecule has 184 valence electrons. The van der Waals surface area contributed by atoms with Crippen LogP contribution in [0.4, 0.5) is 24.9 Å². The Balaban J connectivity index is 1.59. The fourth-order valence-corrected chi connectivity index (χ4v) is 4.88. The number of nitrogens with zero attached hydrogens (tertiary/aromatic N) is 6. The fourth-order valence-electron chi connectivity index (χ4n) is 3.76. The molecule has 0 saturated heterocycles. The average Bonchev–Trinajstić information content (AvgIpc) is 3.39. The molecule has 3 aromatic heterocycles. The number of fused-ring (bicyclic) bond motifs is 2. The predicted molar refractivity (Wildman–Crippen MR) is 124 cm³/mol. The van der Waals surface area contributed by atoms with Gasteiger partial charge in [0.2, 0.25) is 17.7 Å². The number of halogens is 3. The van der Waals surface area contributed by atoms with Gasteiger partial charge in [0.25, 0.3) is 0 Å². The van der Waals surface area contributed by atoms with E-state index < -0.39 is 12.0 Å². The summed E-state index contributed by atoms with van der Waals surface area (Å²) < 4.78 is 40.8. The number of alkyl halides is 3. The number of nitrogens with one attached hydrogen (secondary N) is 2. The van der Waals surface area contributed by atoms with Crippen LogP contribution in [0.2, 0.25) is 0 Å². The van der Waals surface area contributed by atoms with Crippen LogP contribution < -0.4 is 15.5 Å². The summed E-state index contributed by atoms with van der Waals surface area (Å²) in [6, 6.07) is 2.06. The van der Waals surface area contributed by atoms with Crippen LogP contribution >= 0.6 is 11.3 Å². The lowest BCUT2D eigenvalue weighted by molar-refractivity contribution is -0.147. The molecule has 34 heavy (non-hydrogen) atoms. The Morgan fingerprint density at radius 2 is 2.00 bits per heavy atom. The SMILES string of the molecule is CCCc1cc2c(N3CCn4c(nnc4C(F)(F)F)C3)nc(NCCNC(=O)C(C)C)nc2s1. The first kappa shape index (κ1) is 24.2. The molecule has 0 bridgehead atoms. The lowest BCUT2D eigenvalue weighted by atomic mass is 10.2. The van der Waals surface area contributed by atoms with Crippen LogP contribution in [0.1, 0.15) is 43.7 Å². The van der Waals surface area contributed by atoms with Crippen LogP contribution in [0.3, 0.4) is 0 Å². The lowest BCUT2D eigenvalue weighted by Crippen LogP contribution is -2.36. The molecule has 3 aromatic rings. The van der Waals surface area contributed by atoms with Gasteiger partial charge in [0.05, 0.1) is 11.9 Å². The molecule has 4 heterocycles. The summed E-state index contributed by atoms with van der Waals surface area (Å²) in [6.07, 6.45) is -2.64. The van der Waals surface area contributed by atoms with Crippen molar-refractivity contribution in [2.45, 2.75) is 52.9 Å². The van der Waals surface area contributed by atoms with Gasteiger partial charge in [-0.05, 0) is 12.5 Å². The van der Waals surface area contributed by atoms with Gasteiger partial charge in [0.1, 0.15) is 10.6 Å². The quantitative estimate of drug-likeness (QED) is 0.461. The maximum absolute atomic E-state index is 13.2. The van der Waals surface area contributed by atoms with E-state index in [4.69, 9.17) is 4.98 Å². The van der Waals surface area contributed by atoms with Gasteiger partial charge < -0.3 is 20.1 Å². The molecule has 0 saturated carbocycles. The van der Waals surface area contributed by atoms with Gasteiger partial charge in [-0.1, -0.05) is 27.2 Å². The first-order valence-electron chi connectivity index (χ1n) is 11.2. The summed E-state index contributed by atoms with van der Waals surface area (Å²) in [5.74, 6) is 0.217. The van der Waals surface area contributed by atoms with Crippen molar-refractivity contribution < 1.29 is 18.0 Å². The Labute approximate surface area is 198 Å².